The highest BCUT2D eigenvalue weighted by molar-refractivity contribution is 7.99. The first kappa shape index (κ1) is 45.0. The molecule has 0 spiro atoms. The molecule has 4 aliphatic rings. The van der Waals surface area contributed by atoms with Gasteiger partial charge in [-0.3, -0.25) is 24.7 Å². The number of rotatable bonds is 12. The Bertz CT molecular complexity index is 2750. The molecule has 2 aromatic heterocycles. The Balaban J connectivity index is 0.933. The molecular weight excluding hydrogens is 886 g/mol. The number of nitrogens with zero attached hydrogens (tertiary/aromatic N) is 6. The van der Waals surface area contributed by atoms with E-state index in [-0.39, 0.29) is 39.0 Å². The Hall–Kier alpha value is -5.17. The number of carbonyl (C=O) groups is 1. The number of likely N-dealkylation sites (N-methyl/N-ethyl adjacent to an activating group) is 1. The molecular formula is C47H54ClN9O6S2. The number of sulfonamides is 1. The van der Waals surface area contributed by atoms with Crippen molar-refractivity contribution in [2.75, 3.05) is 88.5 Å². The Kier molecular flexibility index (Phi) is 12.9. The number of halogens is 1. The van der Waals surface area contributed by atoms with Crippen LogP contribution >= 0.6 is 23.4 Å². The van der Waals surface area contributed by atoms with E-state index in [9.17, 15) is 23.3 Å². The van der Waals surface area contributed by atoms with Crippen LogP contribution in [0.1, 0.15) is 49.0 Å². The third kappa shape index (κ3) is 10.3. The SMILES string of the molecule is CN1CCN(CC2CSc3cc(S(=O)(=O)NC(=O)c4ccc(N5CCN(CC6=C(c7ccc(Cl)cc7)CC(C)(C)CC6)CC5)cc4Oc4cnc5[nH]ccc5c4)cc([N+](=O)[O-])c3N2)CC1. The van der Waals surface area contributed by atoms with Gasteiger partial charge in [0.15, 0.2) is 0 Å². The van der Waals surface area contributed by atoms with Crippen molar-refractivity contribution in [3.63, 3.8) is 0 Å². The number of nitro groups is 1. The van der Waals surface area contributed by atoms with Gasteiger partial charge in [-0.25, -0.2) is 18.1 Å². The lowest BCUT2D eigenvalue weighted by molar-refractivity contribution is -0.384. The number of ether oxygens (including phenoxy) is 1. The van der Waals surface area contributed by atoms with Crippen LogP contribution in [0.3, 0.4) is 0 Å². The summed E-state index contributed by atoms with van der Waals surface area (Å²) in [7, 11) is -2.50. The van der Waals surface area contributed by atoms with Crippen LogP contribution in [0.15, 0.2) is 94.5 Å². The molecule has 5 heterocycles. The van der Waals surface area contributed by atoms with E-state index in [1.165, 1.54) is 40.7 Å². The Morgan fingerprint density at radius 3 is 2.51 bits per heavy atom. The van der Waals surface area contributed by atoms with Gasteiger partial charge >= 0.3 is 0 Å². The molecule has 9 rings (SSSR count). The van der Waals surface area contributed by atoms with Crippen molar-refractivity contribution in [3.8, 4) is 11.5 Å². The number of amides is 1. The topological polar surface area (TPSA) is 169 Å². The molecule has 3 N–H and O–H groups in total. The first-order valence-electron chi connectivity index (χ1n) is 22.1. The number of piperazine rings is 2. The number of anilines is 2. The van der Waals surface area contributed by atoms with E-state index >= 15 is 0 Å². The quantitative estimate of drug-likeness (QED) is 0.0815. The molecule has 15 nitrogen and oxygen atoms in total. The third-order valence-electron chi connectivity index (χ3n) is 13.0. The molecule has 0 radical (unpaired) electrons. The molecule has 0 saturated carbocycles. The fourth-order valence-corrected chi connectivity index (χ4v) is 11.5. The molecule has 18 heteroatoms. The smallest absolute Gasteiger partial charge is 0.294 e. The average Bonchev–Trinajstić information content (AvgIpc) is 3.76. The second kappa shape index (κ2) is 18.6. The molecule has 0 bridgehead atoms. The summed E-state index contributed by atoms with van der Waals surface area (Å²) >= 11 is 7.62. The molecule has 1 unspecified atom stereocenters. The summed E-state index contributed by atoms with van der Waals surface area (Å²) in [5.41, 5.74) is 5.72. The summed E-state index contributed by atoms with van der Waals surface area (Å²) in [4.78, 5) is 42.8. The number of fused-ring (bicyclic) bond motifs is 2. The number of hydrogen-bond acceptors (Lipinski definition) is 13. The van der Waals surface area contributed by atoms with Crippen LogP contribution < -0.4 is 19.7 Å². The molecule has 65 heavy (non-hydrogen) atoms. The minimum absolute atomic E-state index is 0.0257. The highest BCUT2D eigenvalue weighted by Crippen LogP contribution is 2.44. The highest BCUT2D eigenvalue weighted by atomic mass is 35.5. The van der Waals surface area contributed by atoms with Crippen LogP contribution in [-0.2, 0) is 10.0 Å². The second-order valence-electron chi connectivity index (χ2n) is 18.3. The molecule has 342 valence electrons. The van der Waals surface area contributed by atoms with Gasteiger partial charge in [0, 0.05) is 117 Å². The zero-order valence-electron chi connectivity index (χ0n) is 36.8. The van der Waals surface area contributed by atoms with Crippen molar-refractivity contribution in [1.29, 1.82) is 0 Å². The monoisotopic (exact) mass is 939 g/mol. The Labute approximate surface area is 388 Å². The average molecular weight is 941 g/mol. The van der Waals surface area contributed by atoms with Gasteiger partial charge in [0.05, 0.1) is 21.6 Å². The summed E-state index contributed by atoms with van der Waals surface area (Å²) in [6, 6.07) is 19.3. The van der Waals surface area contributed by atoms with E-state index in [0.717, 1.165) is 100 Å². The van der Waals surface area contributed by atoms with E-state index in [4.69, 9.17) is 16.3 Å². The number of H-pyrrole nitrogens is 1. The summed E-state index contributed by atoms with van der Waals surface area (Å²) in [5, 5.41) is 17.2. The molecule has 1 aliphatic carbocycles. The summed E-state index contributed by atoms with van der Waals surface area (Å²) in [5.74, 6) is 0.155. The molecule has 1 amide bonds. The first-order valence-corrected chi connectivity index (χ1v) is 24.9. The second-order valence-corrected chi connectivity index (χ2v) is 21.5. The predicted octanol–water partition coefficient (Wildman–Crippen LogP) is 7.96. The van der Waals surface area contributed by atoms with Gasteiger partial charge < -0.3 is 24.8 Å². The largest absolute Gasteiger partial charge is 0.455 e. The van der Waals surface area contributed by atoms with Gasteiger partial charge in [-0.15, -0.1) is 11.8 Å². The predicted molar refractivity (Wildman–Crippen MR) is 257 cm³/mol. The fourth-order valence-electron chi connectivity index (χ4n) is 9.23. The number of benzene rings is 3. The van der Waals surface area contributed by atoms with E-state index in [0.29, 0.717) is 28.6 Å². The summed E-state index contributed by atoms with van der Waals surface area (Å²) in [6.07, 6.45) is 6.50. The standard InChI is InChI=1S/C47H54ClN9O6S2/c1-47(2)12-10-33(40(26-47)31-4-6-34(48)7-5-31)28-54-18-20-56(21-19-54)36-8-9-39(42(23-36)63-37-22-32-11-13-49-45(32)50-27-37)46(58)52-65(61,62)38-24-41(57(59)60)44-43(25-38)64-30-35(51-44)29-55-16-14-53(3)15-17-55/h4-9,11,13,22-25,27,35,51H,10,12,14-21,26,28-30H2,1-3H3,(H,49,50)(H,52,58). The lowest BCUT2D eigenvalue weighted by atomic mass is 9.72. The van der Waals surface area contributed by atoms with Gasteiger partial charge in [-0.05, 0) is 85.3 Å². The third-order valence-corrected chi connectivity index (χ3v) is 15.8. The van der Waals surface area contributed by atoms with Crippen molar-refractivity contribution < 1.29 is 22.9 Å². The summed E-state index contributed by atoms with van der Waals surface area (Å²) < 4.78 is 36.5. The van der Waals surface area contributed by atoms with Crippen LogP contribution in [0.2, 0.25) is 5.02 Å². The molecule has 1 atom stereocenters. The van der Waals surface area contributed by atoms with E-state index in [1.807, 2.05) is 18.2 Å². The van der Waals surface area contributed by atoms with E-state index in [2.05, 4.69) is 72.6 Å². The van der Waals surface area contributed by atoms with Gasteiger partial charge in [0.25, 0.3) is 21.6 Å². The number of allylic oxidation sites excluding steroid dienone is 1. The number of pyridine rings is 1. The van der Waals surface area contributed by atoms with Gasteiger partial charge in [-0.2, -0.15) is 0 Å². The number of carbonyl (C=O) groups excluding carboxylic acids is 1. The van der Waals surface area contributed by atoms with Crippen molar-refractivity contribution in [2.24, 2.45) is 5.41 Å². The minimum atomic E-state index is -4.58. The molecule has 2 fully saturated rings. The Morgan fingerprint density at radius 2 is 1.75 bits per heavy atom. The maximum Gasteiger partial charge on any atom is 0.294 e. The number of hydrogen-bond donors (Lipinski definition) is 3. The zero-order valence-corrected chi connectivity index (χ0v) is 39.2. The first-order chi connectivity index (χ1) is 31.2. The molecule has 2 saturated heterocycles. The highest BCUT2D eigenvalue weighted by Gasteiger charge is 2.33. The minimum Gasteiger partial charge on any atom is -0.455 e. The maximum atomic E-state index is 14.1. The Morgan fingerprint density at radius 1 is 1.00 bits per heavy atom. The van der Waals surface area contributed by atoms with Crippen LogP contribution in [0, 0.1) is 15.5 Å². The van der Waals surface area contributed by atoms with Crippen LogP contribution in [0.4, 0.5) is 17.1 Å². The number of nitro benzene ring substituents is 1. The molecule has 5 aromatic rings. The van der Waals surface area contributed by atoms with Gasteiger partial charge in [0.2, 0.25) is 0 Å². The van der Waals surface area contributed by atoms with Crippen molar-refractivity contribution in [1.82, 2.24) is 29.4 Å². The number of aromatic amines is 1. The zero-order chi connectivity index (χ0) is 45.5. The summed E-state index contributed by atoms with van der Waals surface area (Å²) in [6.45, 7) is 13.1. The van der Waals surface area contributed by atoms with E-state index in [1.54, 1.807) is 30.5 Å². The van der Waals surface area contributed by atoms with Crippen molar-refractivity contribution >= 4 is 73.0 Å². The lowest BCUT2D eigenvalue weighted by Crippen LogP contribution is -2.49. The van der Waals surface area contributed by atoms with Crippen LogP contribution in [0.5, 0.6) is 11.5 Å². The van der Waals surface area contributed by atoms with Crippen LogP contribution in [0.25, 0.3) is 16.6 Å². The molecule has 3 aromatic carbocycles. The van der Waals surface area contributed by atoms with Gasteiger partial charge in [0.1, 0.15) is 22.8 Å². The fraction of sp³-hybridized carbons (Fsp3) is 0.404. The normalized spacial score (nSPS) is 19.8. The van der Waals surface area contributed by atoms with Crippen molar-refractivity contribution in [3.05, 3.63) is 111 Å². The maximum absolute atomic E-state index is 14.1. The number of aromatic nitrogens is 2. The van der Waals surface area contributed by atoms with Gasteiger partial charge in [-0.1, -0.05) is 43.2 Å². The molecule has 3 aliphatic heterocycles. The van der Waals surface area contributed by atoms with Crippen LogP contribution in [-0.4, -0.2) is 128 Å². The van der Waals surface area contributed by atoms with Crippen molar-refractivity contribution in [2.45, 2.75) is 48.9 Å². The lowest BCUT2D eigenvalue weighted by Gasteiger charge is -2.39. The van der Waals surface area contributed by atoms with E-state index < -0.39 is 20.9 Å². The number of nitrogens with one attached hydrogen (secondary N) is 3. The number of thioether (sulfide) groups is 1.